The van der Waals surface area contributed by atoms with Gasteiger partial charge in [0.05, 0.1) is 17.4 Å². The van der Waals surface area contributed by atoms with Gasteiger partial charge in [-0.3, -0.25) is 9.97 Å². The molecule has 1 aromatic carbocycles. The lowest BCUT2D eigenvalue weighted by Crippen LogP contribution is -2.10. The van der Waals surface area contributed by atoms with Crippen LogP contribution in [0.2, 0.25) is 0 Å². The van der Waals surface area contributed by atoms with Gasteiger partial charge < -0.3 is 20.8 Å². The van der Waals surface area contributed by atoms with Gasteiger partial charge in [-0.25, -0.2) is 0 Å². The zero-order valence-corrected chi connectivity index (χ0v) is 17.1. The Morgan fingerprint density at radius 3 is 2.87 bits per heavy atom. The molecule has 0 aliphatic carbocycles. The third-order valence-electron chi connectivity index (χ3n) is 4.94. The molecule has 0 radical (unpaired) electrons. The minimum atomic E-state index is 0.432. The van der Waals surface area contributed by atoms with Crippen molar-refractivity contribution in [3.8, 4) is 11.8 Å². The molecule has 0 spiro atoms. The number of rotatable bonds is 7. The molecular weight excluding hydrogens is 388 g/mol. The summed E-state index contributed by atoms with van der Waals surface area (Å²) in [5, 5.41) is 14.2. The predicted octanol–water partition coefficient (Wildman–Crippen LogP) is 4.39. The van der Waals surface area contributed by atoms with Crippen molar-refractivity contribution in [2.24, 2.45) is 5.73 Å². The zero-order chi connectivity index (χ0) is 21.6. The van der Waals surface area contributed by atoms with E-state index < -0.39 is 0 Å². The van der Waals surface area contributed by atoms with Crippen molar-refractivity contribution in [3.63, 3.8) is 0 Å². The number of benzene rings is 1. The highest BCUT2D eigenvalue weighted by Crippen LogP contribution is 2.31. The number of nitrogens with two attached hydrogens (primary N) is 1. The van der Waals surface area contributed by atoms with Gasteiger partial charge in [0.15, 0.2) is 0 Å². The van der Waals surface area contributed by atoms with Gasteiger partial charge in [0.1, 0.15) is 18.4 Å². The molecule has 0 amide bonds. The highest BCUT2D eigenvalue weighted by Gasteiger charge is 2.11. The number of aryl methyl sites for hydroxylation is 1. The molecule has 7 nitrogen and oxygen atoms in total. The van der Waals surface area contributed by atoms with E-state index in [1.165, 1.54) is 0 Å². The van der Waals surface area contributed by atoms with Crippen molar-refractivity contribution < 1.29 is 4.74 Å². The van der Waals surface area contributed by atoms with Crippen LogP contribution in [0.25, 0.3) is 23.1 Å². The van der Waals surface area contributed by atoms with E-state index in [0.29, 0.717) is 30.2 Å². The van der Waals surface area contributed by atoms with E-state index in [9.17, 15) is 5.26 Å². The Balaban J connectivity index is 1.67. The van der Waals surface area contributed by atoms with E-state index in [-0.39, 0.29) is 0 Å². The SMILES string of the molecule is Cc1c(Nc2c(C#N)cncc2/C=C/c2cncc(OCCN)c2)ccc2[nH]ccc12. The van der Waals surface area contributed by atoms with E-state index in [0.717, 1.165) is 33.3 Å². The van der Waals surface area contributed by atoms with E-state index in [4.69, 9.17) is 10.5 Å². The Morgan fingerprint density at radius 2 is 2.03 bits per heavy atom. The summed E-state index contributed by atoms with van der Waals surface area (Å²) in [6.07, 6.45) is 12.4. The van der Waals surface area contributed by atoms with E-state index in [2.05, 4.69) is 33.3 Å². The molecule has 0 fully saturated rings. The summed E-state index contributed by atoms with van der Waals surface area (Å²) in [4.78, 5) is 11.6. The molecule has 0 unspecified atom stereocenters. The highest BCUT2D eigenvalue weighted by atomic mass is 16.5. The molecule has 7 heteroatoms. The molecular formula is C24H22N6O. The summed E-state index contributed by atoms with van der Waals surface area (Å²) in [5.41, 5.74) is 11.4. The number of H-pyrrole nitrogens is 1. The van der Waals surface area contributed by atoms with Crippen LogP contribution in [0, 0.1) is 18.3 Å². The molecule has 31 heavy (non-hydrogen) atoms. The number of nitrogens with zero attached hydrogens (tertiary/aromatic N) is 3. The van der Waals surface area contributed by atoms with Gasteiger partial charge in [-0.1, -0.05) is 12.2 Å². The second-order valence-electron chi connectivity index (χ2n) is 6.99. The van der Waals surface area contributed by atoms with Gasteiger partial charge in [0, 0.05) is 53.5 Å². The third kappa shape index (κ3) is 4.39. The molecule has 3 aromatic heterocycles. The van der Waals surface area contributed by atoms with Gasteiger partial charge in [-0.2, -0.15) is 5.26 Å². The van der Waals surface area contributed by atoms with Gasteiger partial charge >= 0.3 is 0 Å². The lowest BCUT2D eigenvalue weighted by atomic mass is 10.1. The summed E-state index contributed by atoms with van der Waals surface area (Å²) in [6, 6.07) is 10.2. The van der Waals surface area contributed by atoms with Crippen LogP contribution in [0.15, 0.2) is 55.2 Å². The first-order valence-corrected chi connectivity index (χ1v) is 9.87. The van der Waals surface area contributed by atoms with Gasteiger partial charge in [0.25, 0.3) is 0 Å². The van der Waals surface area contributed by atoms with Crippen LogP contribution in [-0.2, 0) is 0 Å². The Labute approximate surface area is 180 Å². The number of aromatic amines is 1. The fraction of sp³-hybridized carbons (Fsp3) is 0.125. The van der Waals surface area contributed by atoms with E-state index >= 15 is 0 Å². The largest absolute Gasteiger partial charge is 0.491 e. The third-order valence-corrected chi connectivity index (χ3v) is 4.94. The van der Waals surface area contributed by atoms with Crippen molar-refractivity contribution in [1.29, 1.82) is 5.26 Å². The van der Waals surface area contributed by atoms with Crippen molar-refractivity contribution in [3.05, 3.63) is 77.5 Å². The monoisotopic (exact) mass is 410 g/mol. The smallest absolute Gasteiger partial charge is 0.138 e. The molecule has 0 saturated carbocycles. The normalized spacial score (nSPS) is 11.0. The Hall–Kier alpha value is -4.15. The maximum Gasteiger partial charge on any atom is 0.138 e. The van der Waals surface area contributed by atoms with Gasteiger partial charge in [-0.05, 0) is 42.3 Å². The van der Waals surface area contributed by atoms with Crippen LogP contribution in [0.5, 0.6) is 5.75 Å². The quantitative estimate of drug-likeness (QED) is 0.416. The number of hydrogen-bond donors (Lipinski definition) is 3. The first-order valence-electron chi connectivity index (χ1n) is 9.87. The number of pyridine rings is 2. The van der Waals surface area contributed by atoms with Crippen molar-refractivity contribution >= 4 is 34.4 Å². The molecule has 4 aromatic rings. The first kappa shape index (κ1) is 20.1. The standard InChI is InChI=1S/C24H22N6O/c1-16-21-6-8-29-23(21)5-4-22(16)30-24-18(13-28-14-19(24)11-26)3-2-17-10-20(15-27-12-17)31-9-7-25/h2-6,8,10,12-15,29H,7,9,25H2,1H3,(H,28,30)/b3-2+. The van der Waals surface area contributed by atoms with Crippen LogP contribution in [0.4, 0.5) is 11.4 Å². The second kappa shape index (κ2) is 9.11. The molecule has 0 aliphatic rings. The number of anilines is 2. The summed E-state index contributed by atoms with van der Waals surface area (Å²) < 4.78 is 5.54. The first-order chi connectivity index (χ1) is 15.2. The minimum absolute atomic E-state index is 0.432. The molecule has 4 rings (SSSR count). The molecule has 0 aliphatic heterocycles. The number of hydrogen-bond acceptors (Lipinski definition) is 6. The summed E-state index contributed by atoms with van der Waals surface area (Å²) in [7, 11) is 0. The van der Waals surface area contributed by atoms with Gasteiger partial charge in [0.2, 0.25) is 0 Å². The van der Waals surface area contributed by atoms with E-state index in [1.54, 1.807) is 24.8 Å². The fourth-order valence-corrected chi connectivity index (χ4v) is 3.35. The van der Waals surface area contributed by atoms with Crippen LogP contribution in [0.3, 0.4) is 0 Å². The lowest BCUT2D eigenvalue weighted by Gasteiger charge is -2.14. The van der Waals surface area contributed by atoms with Crippen LogP contribution in [-0.4, -0.2) is 28.1 Å². The topological polar surface area (TPSA) is 113 Å². The van der Waals surface area contributed by atoms with Crippen LogP contribution in [0.1, 0.15) is 22.3 Å². The van der Waals surface area contributed by atoms with Crippen LogP contribution < -0.4 is 15.8 Å². The molecule has 154 valence electrons. The average Bonchev–Trinajstić information content (AvgIpc) is 3.28. The highest BCUT2D eigenvalue weighted by molar-refractivity contribution is 5.90. The number of nitriles is 1. The zero-order valence-electron chi connectivity index (χ0n) is 17.1. The average molecular weight is 410 g/mol. The number of aromatic nitrogens is 3. The molecule has 0 atom stereocenters. The van der Waals surface area contributed by atoms with Crippen LogP contribution >= 0.6 is 0 Å². The summed E-state index contributed by atoms with van der Waals surface area (Å²) in [6.45, 7) is 2.93. The fourth-order valence-electron chi connectivity index (χ4n) is 3.35. The minimum Gasteiger partial charge on any atom is -0.491 e. The van der Waals surface area contributed by atoms with Crippen molar-refractivity contribution in [1.82, 2.24) is 15.0 Å². The molecule has 3 heterocycles. The molecule has 0 saturated heterocycles. The van der Waals surface area contributed by atoms with Crippen molar-refractivity contribution in [2.45, 2.75) is 6.92 Å². The van der Waals surface area contributed by atoms with Gasteiger partial charge in [-0.15, -0.1) is 0 Å². The maximum atomic E-state index is 9.64. The Bertz CT molecular complexity index is 1280. The van der Waals surface area contributed by atoms with E-state index in [1.807, 2.05) is 42.6 Å². The Morgan fingerprint density at radius 1 is 1.16 bits per heavy atom. The summed E-state index contributed by atoms with van der Waals surface area (Å²) >= 11 is 0. The second-order valence-corrected chi connectivity index (χ2v) is 6.99. The molecule has 0 bridgehead atoms. The van der Waals surface area contributed by atoms with Crippen molar-refractivity contribution in [2.75, 3.05) is 18.5 Å². The maximum absolute atomic E-state index is 9.64. The summed E-state index contributed by atoms with van der Waals surface area (Å²) in [5.74, 6) is 0.658. The molecule has 4 N–H and O–H groups in total. The number of nitrogens with one attached hydrogen (secondary N) is 2. The Kier molecular flexibility index (Phi) is 5.92. The number of ether oxygens (including phenoxy) is 1. The predicted molar refractivity (Wildman–Crippen MR) is 123 cm³/mol. The number of fused-ring (bicyclic) bond motifs is 1. The lowest BCUT2D eigenvalue weighted by molar-refractivity contribution is 0.327.